The number of nitrogens with zero attached hydrogens (tertiary/aromatic N) is 2. The van der Waals surface area contributed by atoms with Crippen molar-refractivity contribution >= 4 is 17.3 Å². The minimum Gasteiger partial charge on any atom is -0.476 e. The van der Waals surface area contributed by atoms with E-state index in [-0.39, 0.29) is 0 Å². The molecule has 34 heavy (non-hydrogen) atoms. The second-order valence-electron chi connectivity index (χ2n) is 8.70. The molecule has 0 radical (unpaired) electrons. The standard InChI is InChI=1S/C25H25F3N2O3S/c1-24(2,23(31)32-3)33-20-9-6-18-13-30(11-10-17(18)12-20)14-22-29-21(15-34-22)16-4-7-19(8-5-16)25(26,27)28/h4-9,12,15H,10-11,13-14H2,1-3H3. The van der Waals surface area contributed by atoms with Crippen LogP contribution in [0, 0.1) is 0 Å². The van der Waals surface area contributed by atoms with Gasteiger partial charge in [-0.05, 0) is 55.7 Å². The molecule has 2 heterocycles. The normalized spacial score (nSPS) is 14.5. The zero-order valence-corrected chi connectivity index (χ0v) is 19.9. The van der Waals surface area contributed by atoms with Gasteiger partial charge in [0.1, 0.15) is 10.8 Å². The third-order valence-electron chi connectivity index (χ3n) is 5.74. The fourth-order valence-electron chi connectivity index (χ4n) is 3.91. The number of aromatic nitrogens is 1. The number of hydrogen-bond donors (Lipinski definition) is 0. The first-order valence-electron chi connectivity index (χ1n) is 10.8. The summed E-state index contributed by atoms with van der Waals surface area (Å²) in [5.74, 6) is 0.194. The van der Waals surface area contributed by atoms with Gasteiger partial charge in [0.05, 0.1) is 24.9 Å². The average molecular weight is 491 g/mol. The van der Waals surface area contributed by atoms with Crippen molar-refractivity contribution in [3.8, 4) is 17.0 Å². The smallest absolute Gasteiger partial charge is 0.416 e. The van der Waals surface area contributed by atoms with Crippen LogP contribution in [0.5, 0.6) is 5.75 Å². The fourth-order valence-corrected chi connectivity index (χ4v) is 4.75. The number of alkyl halides is 3. The highest BCUT2D eigenvalue weighted by Crippen LogP contribution is 2.32. The molecule has 180 valence electrons. The lowest BCUT2D eigenvalue weighted by Gasteiger charge is -2.29. The van der Waals surface area contributed by atoms with Crippen molar-refractivity contribution in [1.29, 1.82) is 0 Å². The number of ether oxygens (including phenoxy) is 2. The van der Waals surface area contributed by atoms with Gasteiger partial charge in [-0.3, -0.25) is 4.90 Å². The first kappa shape index (κ1) is 24.2. The number of carbonyl (C=O) groups excluding carboxylic acids is 1. The topological polar surface area (TPSA) is 51.7 Å². The van der Waals surface area contributed by atoms with E-state index in [4.69, 9.17) is 9.47 Å². The first-order valence-corrected chi connectivity index (χ1v) is 11.7. The molecule has 0 fully saturated rings. The fraction of sp³-hybridized carbons (Fsp3) is 0.360. The van der Waals surface area contributed by atoms with E-state index < -0.39 is 23.3 Å². The van der Waals surface area contributed by atoms with Gasteiger partial charge >= 0.3 is 12.1 Å². The second-order valence-corrected chi connectivity index (χ2v) is 9.64. The summed E-state index contributed by atoms with van der Waals surface area (Å²) in [6, 6.07) is 10.9. The molecule has 1 aliphatic rings. The molecular formula is C25H25F3N2O3S. The summed E-state index contributed by atoms with van der Waals surface area (Å²) in [7, 11) is 1.34. The van der Waals surface area contributed by atoms with E-state index in [9.17, 15) is 18.0 Å². The van der Waals surface area contributed by atoms with Gasteiger partial charge in [0.25, 0.3) is 0 Å². The lowest BCUT2D eigenvalue weighted by Crippen LogP contribution is -2.39. The molecule has 1 aromatic heterocycles. The molecule has 1 aliphatic heterocycles. The SMILES string of the molecule is COC(=O)C(C)(C)Oc1ccc2c(c1)CCN(Cc1nc(-c3ccc(C(F)(F)F)cc3)cs1)C2. The highest BCUT2D eigenvalue weighted by molar-refractivity contribution is 7.09. The molecule has 5 nitrogen and oxygen atoms in total. The summed E-state index contributed by atoms with van der Waals surface area (Å²) in [5, 5.41) is 2.79. The number of thiazole rings is 1. The predicted molar refractivity (Wildman–Crippen MR) is 124 cm³/mol. The molecule has 4 rings (SSSR count). The van der Waals surface area contributed by atoms with Crippen LogP contribution in [-0.4, -0.2) is 35.1 Å². The number of rotatable bonds is 6. The molecule has 0 saturated heterocycles. The van der Waals surface area contributed by atoms with Crippen molar-refractivity contribution in [3.05, 3.63) is 69.5 Å². The van der Waals surface area contributed by atoms with Crippen LogP contribution in [0.4, 0.5) is 13.2 Å². The Morgan fingerprint density at radius 2 is 1.85 bits per heavy atom. The monoisotopic (exact) mass is 490 g/mol. The largest absolute Gasteiger partial charge is 0.476 e. The number of benzene rings is 2. The van der Waals surface area contributed by atoms with E-state index in [2.05, 4.69) is 9.88 Å². The number of halogens is 3. The summed E-state index contributed by atoms with van der Waals surface area (Å²) in [4.78, 5) is 18.8. The highest BCUT2D eigenvalue weighted by Gasteiger charge is 2.32. The maximum absolute atomic E-state index is 12.8. The third kappa shape index (κ3) is 5.42. The van der Waals surface area contributed by atoms with E-state index in [1.54, 1.807) is 13.8 Å². The summed E-state index contributed by atoms with van der Waals surface area (Å²) in [5.41, 5.74) is 1.98. The first-order chi connectivity index (χ1) is 16.0. The molecule has 0 aliphatic carbocycles. The van der Waals surface area contributed by atoms with Gasteiger partial charge < -0.3 is 9.47 Å². The van der Waals surface area contributed by atoms with Gasteiger partial charge in [-0.15, -0.1) is 11.3 Å². The molecule has 0 unspecified atom stereocenters. The minimum absolute atomic E-state index is 0.435. The highest BCUT2D eigenvalue weighted by atomic mass is 32.1. The van der Waals surface area contributed by atoms with Gasteiger partial charge in [0, 0.05) is 24.0 Å². The Kier molecular flexibility index (Phi) is 6.69. The van der Waals surface area contributed by atoms with Crippen molar-refractivity contribution in [2.24, 2.45) is 0 Å². The van der Waals surface area contributed by atoms with Crippen molar-refractivity contribution < 1.29 is 27.4 Å². The Labute approximate surface area is 200 Å². The lowest BCUT2D eigenvalue weighted by atomic mass is 9.99. The number of methoxy groups -OCH3 is 1. The van der Waals surface area contributed by atoms with Crippen LogP contribution >= 0.6 is 11.3 Å². The van der Waals surface area contributed by atoms with Crippen LogP contribution in [0.1, 0.15) is 35.5 Å². The molecule has 0 N–H and O–H groups in total. The van der Waals surface area contributed by atoms with Gasteiger partial charge in [-0.2, -0.15) is 13.2 Å². The Morgan fingerprint density at radius 3 is 2.53 bits per heavy atom. The maximum Gasteiger partial charge on any atom is 0.416 e. The Balaban J connectivity index is 1.39. The number of hydrogen-bond acceptors (Lipinski definition) is 6. The van der Waals surface area contributed by atoms with E-state index in [1.165, 1.54) is 41.7 Å². The molecule has 2 aromatic carbocycles. The maximum atomic E-state index is 12.8. The summed E-state index contributed by atoms with van der Waals surface area (Å²) >= 11 is 1.50. The van der Waals surface area contributed by atoms with E-state index >= 15 is 0 Å². The summed E-state index contributed by atoms with van der Waals surface area (Å²) < 4.78 is 49.0. The van der Waals surface area contributed by atoms with Crippen molar-refractivity contribution in [1.82, 2.24) is 9.88 Å². The van der Waals surface area contributed by atoms with Crippen LogP contribution in [0.25, 0.3) is 11.3 Å². The lowest BCUT2D eigenvalue weighted by molar-refractivity contribution is -0.156. The Morgan fingerprint density at radius 1 is 1.12 bits per heavy atom. The van der Waals surface area contributed by atoms with Crippen molar-refractivity contribution in [3.63, 3.8) is 0 Å². The van der Waals surface area contributed by atoms with Crippen LogP contribution in [-0.2, 0) is 35.2 Å². The quantitative estimate of drug-likeness (QED) is 0.414. The number of esters is 1. The van der Waals surface area contributed by atoms with Gasteiger partial charge in [-0.1, -0.05) is 18.2 Å². The Bertz CT molecular complexity index is 1170. The molecule has 0 saturated carbocycles. The van der Waals surface area contributed by atoms with Crippen LogP contribution in [0.15, 0.2) is 47.8 Å². The molecule has 0 spiro atoms. The third-order valence-corrected chi connectivity index (χ3v) is 6.57. The van der Waals surface area contributed by atoms with E-state index in [0.29, 0.717) is 23.6 Å². The van der Waals surface area contributed by atoms with Gasteiger partial charge in [-0.25, -0.2) is 9.78 Å². The van der Waals surface area contributed by atoms with Crippen LogP contribution in [0.2, 0.25) is 0 Å². The molecule has 0 amide bonds. The minimum atomic E-state index is -4.35. The molecule has 3 aromatic rings. The number of fused-ring (bicyclic) bond motifs is 1. The van der Waals surface area contributed by atoms with Gasteiger partial charge in [0.15, 0.2) is 5.60 Å². The van der Waals surface area contributed by atoms with Crippen molar-refractivity contribution in [2.45, 2.75) is 45.1 Å². The zero-order valence-electron chi connectivity index (χ0n) is 19.1. The summed E-state index contributed by atoms with van der Waals surface area (Å²) in [6.07, 6.45) is -3.51. The molecule has 0 bridgehead atoms. The zero-order chi connectivity index (χ0) is 24.5. The van der Waals surface area contributed by atoms with Crippen molar-refractivity contribution in [2.75, 3.05) is 13.7 Å². The van der Waals surface area contributed by atoms with Gasteiger partial charge in [0.2, 0.25) is 0 Å². The predicted octanol–water partition coefficient (Wildman–Crippen LogP) is 5.72. The van der Waals surface area contributed by atoms with E-state index in [1.807, 2.05) is 23.6 Å². The summed E-state index contributed by atoms with van der Waals surface area (Å²) in [6.45, 7) is 5.61. The second kappa shape index (κ2) is 9.38. The van der Waals surface area contributed by atoms with Crippen LogP contribution < -0.4 is 4.74 Å². The Hall–Kier alpha value is -2.91. The molecular weight excluding hydrogens is 465 g/mol. The van der Waals surface area contributed by atoms with E-state index in [0.717, 1.165) is 36.7 Å². The molecule has 0 atom stereocenters. The average Bonchev–Trinajstić information content (AvgIpc) is 3.26. The number of carbonyl (C=O) groups is 1. The molecule has 9 heteroatoms. The van der Waals surface area contributed by atoms with Crippen LogP contribution in [0.3, 0.4) is 0 Å².